The van der Waals surface area contributed by atoms with Gasteiger partial charge in [-0.2, -0.15) is 0 Å². The molecule has 0 spiro atoms. The highest BCUT2D eigenvalue weighted by molar-refractivity contribution is 5.96. The molecule has 3 N–H and O–H groups in total. The smallest absolute Gasteiger partial charge is 0.272 e. The Morgan fingerprint density at radius 1 is 1.60 bits per heavy atom. The van der Waals surface area contributed by atoms with Crippen molar-refractivity contribution in [3.63, 3.8) is 0 Å². The summed E-state index contributed by atoms with van der Waals surface area (Å²) in [5.74, 6) is -0.0484. The third-order valence-corrected chi connectivity index (χ3v) is 1.50. The van der Waals surface area contributed by atoms with Crippen LogP contribution < -0.4 is 10.5 Å². The van der Waals surface area contributed by atoms with E-state index in [4.69, 9.17) is 10.9 Å². The molecule has 1 aromatic rings. The molecule has 1 rings (SSSR count). The molecule has 0 bridgehead atoms. The molecule has 0 aliphatic heterocycles. The van der Waals surface area contributed by atoms with Crippen molar-refractivity contribution in [1.29, 1.82) is 0 Å². The molecule has 0 atom stereocenters. The van der Waals surface area contributed by atoms with E-state index in [1.165, 1.54) is 18.3 Å². The van der Waals surface area contributed by atoms with Crippen molar-refractivity contribution in [1.82, 2.24) is 4.98 Å². The average Bonchev–Trinajstić information content (AvgIpc) is 2.26. The van der Waals surface area contributed by atoms with Gasteiger partial charge in [-0.25, -0.2) is 13.8 Å². The van der Waals surface area contributed by atoms with Crippen LogP contribution in [0.25, 0.3) is 0 Å². The zero-order chi connectivity index (χ0) is 11.3. The lowest BCUT2D eigenvalue weighted by molar-refractivity contribution is 0.0796. The number of amidine groups is 1. The van der Waals surface area contributed by atoms with Crippen LogP contribution in [0.4, 0.5) is 8.78 Å². The van der Waals surface area contributed by atoms with Gasteiger partial charge in [0.15, 0.2) is 12.4 Å². The lowest BCUT2D eigenvalue weighted by atomic mass is 10.3. The number of hydrogen-bond donors (Lipinski definition) is 2. The summed E-state index contributed by atoms with van der Waals surface area (Å²) in [5.41, 5.74) is 5.64. The molecule has 0 aliphatic carbocycles. The number of halogens is 2. The van der Waals surface area contributed by atoms with Gasteiger partial charge >= 0.3 is 0 Å². The second-order valence-electron chi connectivity index (χ2n) is 2.57. The minimum Gasteiger partial charge on any atom is -0.472 e. The summed E-state index contributed by atoms with van der Waals surface area (Å²) in [6, 6.07) is 2.80. The number of nitrogens with two attached hydrogens (primary N) is 1. The van der Waals surface area contributed by atoms with Gasteiger partial charge in [0, 0.05) is 17.8 Å². The molecule has 5 nitrogen and oxygen atoms in total. The van der Waals surface area contributed by atoms with Gasteiger partial charge in [0.05, 0.1) is 0 Å². The van der Waals surface area contributed by atoms with Crippen molar-refractivity contribution in [3.05, 3.63) is 23.9 Å². The van der Waals surface area contributed by atoms with Gasteiger partial charge in [-0.1, -0.05) is 5.16 Å². The van der Waals surface area contributed by atoms with Crippen LogP contribution in [0.1, 0.15) is 5.56 Å². The maximum atomic E-state index is 11.8. The summed E-state index contributed by atoms with van der Waals surface area (Å²) in [5, 5.41) is 11.1. The number of hydrogen-bond acceptors (Lipinski definition) is 4. The van der Waals surface area contributed by atoms with Crippen LogP contribution in [-0.4, -0.2) is 29.1 Å². The molecule has 0 amide bonds. The van der Waals surface area contributed by atoms with Crippen molar-refractivity contribution in [2.75, 3.05) is 6.61 Å². The second-order valence-corrected chi connectivity index (χ2v) is 2.57. The van der Waals surface area contributed by atoms with Crippen molar-refractivity contribution < 1.29 is 18.7 Å². The Hall–Kier alpha value is -1.92. The lowest BCUT2D eigenvalue weighted by Crippen LogP contribution is -2.13. The Kier molecular flexibility index (Phi) is 3.78. The SMILES string of the molecule is N/C(=N/O)c1ccc(OCC(F)F)nc1. The van der Waals surface area contributed by atoms with Crippen molar-refractivity contribution in [2.45, 2.75) is 6.43 Å². The van der Waals surface area contributed by atoms with Gasteiger partial charge in [-0.05, 0) is 6.07 Å². The number of oxime groups is 1. The molecule has 0 radical (unpaired) electrons. The van der Waals surface area contributed by atoms with Gasteiger partial charge in [0.2, 0.25) is 5.88 Å². The van der Waals surface area contributed by atoms with Crippen LogP contribution in [0.5, 0.6) is 5.88 Å². The fourth-order valence-electron chi connectivity index (χ4n) is 0.823. The largest absolute Gasteiger partial charge is 0.472 e. The quantitative estimate of drug-likeness (QED) is 0.338. The predicted molar refractivity (Wildman–Crippen MR) is 48.2 cm³/mol. The number of rotatable bonds is 4. The molecule has 1 heterocycles. The van der Waals surface area contributed by atoms with Crippen molar-refractivity contribution in [3.8, 4) is 5.88 Å². The summed E-state index contributed by atoms with van der Waals surface area (Å²) in [4.78, 5) is 3.69. The first-order valence-electron chi connectivity index (χ1n) is 3.98. The topological polar surface area (TPSA) is 80.7 Å². The van der Waals surface area contributed by atoms with E-state index in [2.05, 4.69) is 14.9 Å². The Morgan fingerprint density at radius 2 is 2.33 bits per heavy atom. The van der Waals surface area contributed by atoms with Crippen molar-refractivity contribution >= 4 is 5.84 Å². The first-order chi connectivity index (χ1) is 7.13. The summed E-state index contributed by atoms with van der Waals surface area (Å²) < 4.78 is 28.1. The monoisotopic (exact) mass is 217 g/mol. The number of ether oxygens (including phenoxy) is 1. The zero-order valence-corrected chi connectivity index (χ0v) is 7.60. The molecule has 0 saturated heterocycles. The maximum Gasteiger partial charge on any atom is 0.272 e. The van der Waals surface area contributed by atoms with E-state index in [9.17, 15) is 8.78 Å². The minimum absolute atomic E-state index is 0.0600. The highest BCUT2D eigenvalue weighted by Gasteiger charge is 2.05. The predicted octanol–water partition coefficient (Wildman–Crippen LogP) is 0.820. The zero-order valence-electron chi connectivity index (χ0n) is 7.60. The van der Waals surface area contributed by atoms with E-state index in [0.29, 0.717) is 5.56 Å². The average molecular weight is 217 g/mol. The first-order valence-corrected chi connectivity index (χ1v) is 3.98. The van der Waals surface area contributed by atoms with Gasteiger partial charge < -0.3 is 15.7 Å². The number of nitrogens with zero attached hydrogens (tertiary/aromatic N) is 2. The lowest BCUT2D eigenvalue weighted by Gasteiger charge is -2.04. The molecule has 0 aromatic carbocycles. The fourth-order valence-corrected chi connectivity index (χ4v) is 0.823. The Labute approximate surface area is 84.2 Å². The van der Waals surface area contributed by atoms with Crippen LogP contribution in [-0.2, 0) is 0 Å². The molecule has 7 heteroatoms. The Bertz CT molecular complexity index is 340. The van der Waals surface area contributed by atoms with Crippen molar-refractivity contribution in [2.24, 2.45) is 10.9 Å². The molecule has 0 aliphatic rings. The maximum absolute atomic E-state index is 11.8. The standard InChI is InChI=1S/C8H9F2N3O2/c9-6(10)4-15-7-2-1-5(3-12-7)8(11)13-14/h1-3,6,14H,4H2,(H2,11,13). The highest BCUT2D eigenvalue weighted by atomic mass is 19.3. The fraction of sp³-hybridized carbons (Fsp3) is 0.250. The molecule has 0 unspecified atom stereocenters. The molecular formula is C8H9F2N3O2. The van der Waals surface area contributed by atoms with Gasteiger partial charge in [0.25, 0.3) is 6.43 Å². The van der Waals surface area contributed by atoms with Gasteiger partial charge in [-0.3, -0.25) is 0 Å². The molecule has 0 fully saturated rings. The van der Waals surface area contributed by atoms with Crippen LogP contribution in [0.3, 0.4) is 0 Å². The summed E-state index contributed by atoms with van der Waals surface area (Å²) in [7, 11) is 0. The first kappa shape index (κ1) is 11.2. The Balaban J connectivity index is 2.64. The van der Waals surface area contributed by atoms with Crippen LogP contribution in [0, 0.1) is 0 Å². The second kappa shape index (κ2) is 5.08. The van der Waals surface area contributed by atoms with Gasteiger partial charge in [0.1, 0.15) is 0 Å². The van der Waals surface area contributed by atoms with E-state index in [1.807, 2.05) is 0 Å². The third kappa shape index (κ3) is 3.37. The number of aromatic nitrogens is 1. The van der Waals surface area contributed by atoms with E-state index in [1.54, 1.807) is 0 Å². The van der Waals surface area contributed by atoms with E-state index in [0.717, 1.165) is 0 Å². The molecule has 0 saturated carbocycles. The molecular weight excluding hydrogens is 208 g/mol. The van der Waals surface area contributed by atoms with E-state index >= 15 is 0 Å². The summed E-state index contributed by atoms with van der Waals surface area (Å²) >= 11 is 0. The number of pyridine rings is 1. The highest BCUT2D eigenvalue weighted by Crippen LogP contribution is 2.08. The summed E-state index contributed by atoms with van der Waals surface area (Å²) in [6.45, 7) is -0.712. The van der Waals surface area contributed by atoms with Crippen LogP contribution in [0.15, 0.2) is 23.5 Å². The van der Waals surface area contributed by atoms with E-state index < -0.39 is 13.0 Å². The summed E-state index contributed by atoms with van der Waals surface area (Å²) in [6.07, 6.45) is -1.29. The van der Waals surface area contributed by atoms with Crippen LogP contribution in [0.2, 0.25) is 0 Å². The van der Waals surface area contributed by atoms with Gasteiger partial charge in [-0.15, -0.1) is 0 Å². The molecule has 15 heavy (non-hydrogen) atoms. The molecule has 1 aromatic heterocycles. The third-order valence-electron chi connectivity index (χ3n) is 1.50. The van der Waals surface area contributed by atoms with Crippen LogP contribution >= 0.6 is 0 Å². The minimum atomic E-state index is -2.55. The molecule has 82 valence electrons. The number of alkyl halides is 2. The normalized spacial score (nSPS) is 11.8. The Morgan fingerprint density at radius 3 is 2.80 bits per heavy atom. The van der Waals surface area contributed by atoms with E-state index in [-0.39, 0.29) is 11.7 Å².